The highest BCUT2D eigenvalue weighted by molar-refractivity contribution is 5.81. The first-order valence-corrected chi connectivity index (χ1v) is 11.1. The van der Waals surface area contributed by atoms with E-state index < -0.39 is 0 Å². The van der Waals surface area contributed by atoms with Crippen molar-refractivity contribution in [3.05, 3.63) is 35.4 Å². The van der Waals surface area contributed by atoms with Gasteiger partial charge in [-0.25, -0.2) is 4.99 Å². The van der Waals surface area contributed by atoms with E-state index in [9.17, 15) is 4.79 Å². The Morgan fingerprint density at radius 1 is 1.17 bits per heavy atom. The molecule has 0 amide bonds. The third-order valence-electron chi connectivity index (χ3n) is 4.92. The molecule has 7 nitrogen and oxygen atoms in total. The standard InChI is InChI=1S/C23H37N3O4/c1-4-24-23(26-12-8-11-21(17-26)22(27)30-6-3)25-16-19-9-7-10-20(15-19)18-29-14-13-28-5-2/h7,9-10,15,21H,4-6,8,11-14,16-18H2,1-3H3,(H,24,25). The highest BCUT2D eigenvalue weighted by atomic mass is 16.5. The number of hydrogen-bond donors (Lipinski definition) is 1. The van der Waals surface area contributed by atoms with Crippen LogP contribution in [0.1, 0.15) is 44.7 Å². The Morgan fingerprint density at radius 3 is 2.73 bits per heavy atom. The van der Waals surface area contributed by atoms with Crippen molar-refractivity contribution in [3.63, 3.8) is 0 Å². The summed E-state index contributed by atoms with van der Waals surface area (Å²) < 4.78 is 16.2. The summed E-state index contributed by atoms with van der Waals surface area (Å²) in [6.07, 6.45) is 1.84. The molecule has 2 rings (SSSR count). The van der Waals surface area contributed by atoms with Gasteiger partial charge in [-0.1, -0.05) is 24.3 Å². The molecule has 0 aliphatic carbocycles. The number of nitrogens with zero attached hydrogens (tertiary/aromatic N) is 2. The lowest BCUT2D eigenvalue weighted by Crippen LogP contribution is -2.48. The Kier molecular flexibility index (Phi) is 11.3. The predicted octanol–water partition coefficient (Wildman–Crippen LogP) is 2.98. The third-order valence-corrected chi connectivity index (χ3v) is 4.92. The molecule has 1 fully saturated rings. The van der Waals surface area contributed by atoms with Gasteiger partial charge in [0.15, 0.2) is 5.96 Å². The number of likely N-dealkylation sites (tertiary alicyclic amines) is 1. The average molecular weight is 420 g/mol. The zero-order chi connectivity index (χ0) is 21.6. The molecule has 168 valence electrons. The summed E-state index contributed by atoms with van der Waals surface area (Å²) in [6, 6.07) is 8.31. The molecule has 1 saturated heterocycles. The molecule has 0 saturated carbocycles. The van der Waals surface area contributed by atoms with Gasteiger partial charge in [0, 0.05) is 26.2 Å². The molecule has 1 aromatic carbocycles. The van der Waals surface area contributed by atoms with Gasteiger partial charge < -0.3 is 24.4 Å². The summed E-state index contributed by atoms with van der Waals surface area (Å²) in [4.78, 5) is 19.2. The van der Waals surface area contributed by atoms with Crippen molar-refractivity contribution in [2.45, 2.75) is 46.8 Å². The van der Waals surface area contributed by atoms with Crippen LogP contribution in [0.2, 0.25) is 0 Å². The topological polar surface area (TPSA) is 72.4 Å². The number of piperidine rings is 1. The number of benzene rings is 1. The quantitative estimate of drug-likeness (QED) is 0.257. The number of rotatable bonds is 11. The number of aliphatic imine (C=N–C) groups is 1. The van der Waals surface area contributed by atoms with E-state index in [1.807, 2.05) is 19.9 Å². The zero-order valence-electron chi connectivity index (χ0n) is 18.7. The van der Waals surface area contributed by atoms with Crippen LogP contribution in [-0.2, 0) is 32.2 Å². The largest absolute Gasteiger partial charge is 0.466 e. The van der Waals surface area contributed by atoms with Crippen molar-refractivity contribution in [1.29, 1.82) is 0 Å². The van der Waals surface area contributed by atoms with Gasteiger partial charge in [-0.3, -0.25) is 4.79 Å². The number of hydrogen-bond acceptors (Lipinski definition) is 5. The Labute approximate surface area is 180 Å². The second-order valence-corrected chi connectivity index (χ2v) is 7.28. The predicted molar refractivity (Wildman–Crippen MR) is 118 cm³/mol. The molecule has 1 heterocycles. The first-order valence-electron chi connectivity index (χ1n) is 11.1. The van der Waals surface area contributed by atoms with E-state index in [0.717, 1.165) is 43.0 Å². The first kappa shape index (κ1) is 24.2. The Hall–Kier alpha value is -2.12. The van der Waals surface area contributed by atoms with Gasteiger partial charge in [0.25, 0.3) is 0 Å². The highest BCUT2D eigenvalue weighted by Gasteiger charge is 2.28. The Bertz CT molecular complexity index is 666. The molecule has 0 radical (unpaired) electrons. The molecule has 30 heavy (non-hydrogen) atoms. The van der Waals surface area contributed by atoms with E-state index in [4.69, 9.17) is 19.2 Å². The summed E-state index contributed by atoms with van der Waals surface area (Å²) in [5, 5.41) is 3.37. The second-order valence-electron chi connectivity index (χ2n) is 7.28. The summed E-state index contributed by atoms with van der Waals surface area (Å²) in [5.74, 6) is 0.666. The molecule has 0 spiro atoms. The van der Waals surface area contributed by atoms with Gasteiger partial charge in [-0.05, 0) is 44.7 Å². The number of carbonyl (C=O) groups excluding carboxylic acids is 1. The van der Waals surface area contributed by atoms with E-state index in [0.29, 0.717) is 46.1 Å². The maximum Gasteiger partial charge on any atom is 0.310 e. The molecule has 1 aromatic rings. The summed E-state index contributed by atoms with van der Waals surface area (Å²) in [6.45, 7) is 11.7. The molecule has 7 heteroatoms. The third kappa shape index (κ3) is 8.32. The lowest BCUT2D eigenvalue weighted by molar-refractivity contribution is -0.149. The van der Waals surface area contributed by atoms with Gasteiger partial charge in [0.2, 0.25) is 0 Å². The van der Waals surface area contributed by atoms with Crippen LogP contribution < -0.4 is 5.32 Å². The normalized spacial score (nSPS) is 17.1. The van der Waals surface area contributed by atoms with E-state index in [-0.39, 0.29) is 11.9 Å². The summed E-state index contributed by atoms with van der Waals surface area (Å²) >= 11 is 0. The maximum atomic E-state index is 12.2. The second kappa shape index (κ2) is 14.0. The minimum absolute atomic E-state index is 0.0836. The molecular formula is C23H37N3O4. The van der Waals surface area contributed by atoms with Crippen LogP contribution in [0.3, 0.4) is 0 Å². The summed E-state index contributed by atoms with van der Waals surface area (Å²) in [7, 11) is 0. The molecule has 1 N–H and O–H groups in total. The highest BCUT2D eigenvalue weighted by Crippen LogP contribution is 2.18. The van der Waals surface area contributed by atoms with Crippen LogP contribution in [0.25, 0.3) is 0 Å². The van der Waals surface area contributed by atoms with Crippen molar-refractivity contribution < 1.29 is 19.0 Å². The average Bonchev–Trinajstić information content (AvgIpc) is 2.77. The molecule has 1 aliphatic rings. The van der Waals surface area contributed by atoms with Crippen molar-refractivity contribution in [2.24, 2.45) is 10.9 Å². The minimum Gasteiger partial charge on any atom is -0.466 e. The van der Waals surface area contributed by atoms with Gasteiger partial charge in [0.05, 0.1) is 38.9 Å². The van der Waals surface area contributed by atoms with Crippen LogP contribution in [0, 0.1) is 5.92 Å². The molecular weight excluding hydrogens is 382 g/mol. The fraction of sp³-hybridized carbons (Fsp3) is 0.652. The SMILES string of the molecule is CCNC(=NCc1cccc(COCCOCC)c1)N1CCCC(C(=O)OCC)C1. The van der Waals surface area contributed by atoms with Crippen molar-refractivity contribution in [2.75, 3.05) is 46.1 Å². The minimum atomic E-state index is -0.102. The van der Waals surface area contributed by atoms with E-state index in [1.54, 1.807) is 0 Å². The maximum absolute atomic E-state index is 12.2. The molecule has 1 atom stereocenters. The van der Waals surface area contributed by atoms with Crippen molar-refractivity contribution >= 4 is 11.9 Å². The van der Waals surface area contributed by atoms with Crippen LogP contribution in [-0.4, -0.2) is 62.9 Å². The lowest BCUT2D eigenvalue weighted by atomic mass is 9.98. The van der Waals surface area contributed by atoms with Gasteiger partial charge in [-0.2, -0.15) is 0 Å². The van der Waals surface area contributed by atoms with Crippen molar-refractivity contribution in [1.82, 2.24) is 10.2 Å². The summed E-state index contributed by atoms with van der Waals surface area (Å²) in [5.41, 5.74) is 2.26. The number of esters is 1. The van der Waals surface area contributed by atoms with Crippen LogP contribution in [0.5, 0.6) is 0 Å². The number of guanidine groups is 1. The monoisotopic (exact) mass is 419 g/mol. The first-order chi connectivity index (χ1) is 14.7. The van der Waals surface area contributed by atoms with Crippen LogP contribution >= 0.6 is 0 Å². The van der Waals surface area contributed by atoms with Crippen molar-refractivity contribution in [3.8, 4) is 0 Å². The number of ether oxygens (including phenoxy) is 3. The lowest BCUT2D eigenvalue weighted by Gasteiger charge is -2.34. The van der Waals surface area contributed by atoms with Gasteiger partial charge >= 0.3 is 5.97 Å². The number of nitrogens with one attached hydrogen (secondary N) is 1. The van der Waals surface area contributed by atoms with Crippen LogP contribution in [0.15, 0.2) is 29.3 Å². The van der Waals surface area contributed by atoms with E-state index >= 15 is 0 Å². The number of carbonyl (C=O) groups is 1. The van der Waals surface area contributed by atoms with Gasteiger partial charge in [0.1, 0.15) is 0 Å². The zero-order valence-corrected chi connectivity index (χ0v) is 18.7. The van der Waals surface area contributed by atoms with E-state index in [2.05, 4.69) is 35.3 Å². The van der Waals surface area contributed by atoms with Crippen LogP contribution in [0.4, 0.5) is 0 Å². The Balaban J connectivity index is 1.95. The fourth-order valence-electron chi connectivity index (χ4n) is 3.48. The molecule has 1 unspecified atom stereocenters. The van der Waals surface area contributed by atoms with E-state index in [1.165, 1.54) is 0 Å². The Morgan fingerprint density at radius 2 is 1.97 bits per heavy atom. The molecule has 1 aliphatic heterocycles. The molecule has 0 aromatic heterocycles. The van der Waals surface area contributed by atoms with Gasteiger partial charge in [-0.15, -0.1) is 0 Å². The smallest absolute Gasteiger partial charge is 0.310 e. The fourth-order valence-corrected chi connectivity index (χ4v) is 3.48. The molecule has 0 bridgehead atoms.